The molecule has 1 aromatic heterocycles. The fourth-order valence-corrected chi connectivity index (χ4v) is 3.44. The highest BCUT2D eigenvalue weighted by molar-refractivity contribution is 7.98. The number of thioether (sulfide) groups is 1. The van der Waals surface area contributed by atoms with Crippen LogP contribution in [0.1, 0.15) is 21.7 Å². The first-order chi connectivity index (χ1) is 12.9. The van der Waals surface area contributed by atoms with Gasteiger partial charge in [-0.3, -0.25) is 4.79 Å². The molecule has 1 amide bonds. The first-order valence-electron chi connectivity index (χ1n) is 7.93. The minimum Gasteiger partial charge on any atom is -0.345 e. The van der Waals surface area contributed by atoms with Gasteiger partial charge in [-0.1, -0.05) is 47.1 Å². The Balaban J connectivity index is 1.59. The van der Waals surface area contributed by atoms with Crippen LogP contribution in [0.5, 0.6) is 0 Å². The Kier molecular flexibility index (Phi) is 6.36. The standard InChI is InChI=1S/C18H15Cl2FN4OS/c1-25-16(9-22-17(26)12-4-7-14(19)15(20)8-12)23-24-18(25)27-10-11-2-5-13(21)6-3-11/h2-8H,9-10H2,1H3,(H,22,26). The van der Waals surface area contributed by atoms with Gasteiger partial charge in [-0.05, 0) is 35.9 Å². The van der Waals surface area contributed by atoms with Crippen LogP contribution in [0.15, 0.2) is 47.6 Å². The molecule has 3 rings (SSSR count). The number of hydrogen-bond acceptors (Lipinski definition) is 4. The SMILES string of the molecule is Cn1c(CNC(=O)c2ccc(Cl)c(Cl)c2)nnc1SCc1ccc(F)cc1. The molecule has 140 valence electrons. The Morgan fingerprint density at radius 1 is 1.15 bits per heavy atom. The molecule has 27 heavy (non-hydrogen) atoms. The van der Waals surface area contributed by atoms with Crippen LogP contribution in [0.4, 0.5) is 4.39 Å². The van der Waals surface area contributed by atoms with E-state index in [1.165, 1.54) is 30.0 Å². The molecule has 0 saturated carbocycles. The van der Waals surface area contributed by atoms with Crippen molar-refractivity contribution in [2.24, 2.45) is 7.05 Å². The lowest BCUT2D eigenvalue weighted by molar-refractivity contribution is 0.0949. The van der Waals surface area contributed by atoms with Crippen molar-refractivity contribution < 1.29 is 9.18 Å². The highest BCUT2D eigenvalue weighted by atomic mass is 35.5. The van der Waals surface area contributed by atoms with E-state index in [0.29, 0.717) is 32.3 Å². The zero-order valence-electron chi connectivity index (χ0n) is 14.2. The number of rotatable bonds is 6. The smallest absolute Gasteiger partial charge is 0.251 e. The molecule has 1 N–H and O–H groups in total. The normalized spacial score (nSPS) is 10.8. The van der Waals surface area contributed by atoms with Gasteiger partial charge in [0, 0.05) is 18.4 Å². The number of carbonyl (C=O) groups excluding carboxylic acids is 1. The molecule has 5 nitrogen and oxygen atoms in total. The van der Waals surface area contributed by atoms with Crippen molar-refractivity contribution in [3.05, 3.63) is 75.3 Å². The van der Waals surface area contributed by atoms with Gasteiger partial charge in [0.25, 0.3) is 5.91 Å². The van der Waals surface area contributed by atoms with Gasteiger partial charge < -0.3 is 9.88 Å². The summed E-state index contributed by atoms with van der Waals surface area (Å²) in [5.74, 6) is 0.714. The van der Waals surface area contributed by atoms with Crippen molar-refractivity contribution in [1.29, 1.82) is 0 Å². The van der Waals surface area contributed by atoms with E-state index in [2.05, 4.69) is 15.5 Å². The van der Waals surface area contributed by atoms with Crippen LogP contribution in [0, 0.1) is 5.82 Å². The maximum Gasteiger partial charge on any atom is 0.251 e. The molecule has 0 fully saturated rings. The first kappa shape index (κ1) is 19.7. The Morgan fingerprint density at radius 3 is 2.59 bits per heavy atom. The first-order valence-corrected chi connectivity index (χ1v) is 9.67. The molecule has 3 aromatic rings. The largest absolute Gasteiger partial charge is 0.345 e. The summed E-state index contributed by atoms with van der Waals surface area (Å²) in [6, 6.07) is 11.0. The topological polar surface area (TPSA) is 59.8 Å². The fourth-order valence-electron chi connectivity index (χ4n) is 2.25. The summed E-state index contributed by atoms with van der Waals surface area (Å²) >= 11 is 13.3. The predicted octanol–water partition coefficient (Wildman–Crippen LogP) is 4.48. The van der Waals surface area contributed by atoms with Gasteiger partial charge in [-0.15, -0.1) is 10.2 Å². The second-order valence-corrected chi connectivity index (χ2v) is 7.44. The third-order valence-corrected chi connectivity index (χ3v) is 5.63. The van der Waals surface area contributed by atoms with Crippen molar-refractivity contribution >= 4 is 40.9 Å². The second kappa shape index (κ2) is 8.73. The summed E-state index contributed by atoms with van der Waals surface area (Å²) in [5, 5.41) is 12.4. The molecule has 0 aliphatic heterocycles. The Morgan fingerprint density at radius 2 is 1.89 bits per heavy atom. The molecule has 0 aliphatic rings. The zero-order valence-corrected chi connectivity index (χ0v) is 16.6. The number of aromatic nitrogens is 3. The lowest BCUT2D eigenvalue weighted by Gasteiger charge is -2.07. The molecule has 0 atom stereocenters. The molecular formula is C18H15Cl2FN4OS. The van der Waals surface area contributed by atoms with Gasteiger partial charge in [0.15, 0.2) is 11.0 Å². The molecular weight excluding hydrogens is 410 g/mol. The summed E-state index contributed by atoms with van der Waals surface area (Å²) in [7, 11) is 1.83. The minimum absolute atomic E-state index is 0.222. The average Bonchev–Trinajstić information content (AvgIpc) is 3.01. The maximum atomic E-state index is 13.0. The van der Waals surface area contributed by atoms with E-state index in [4.69, 9.17) is 23.2 Å². The van der Waals surface area contributed by atoms with Crippen LogP contribution >= 0.6 is 35.0 Å². The van der Waals surface area contributed by atoms with Crippen LogP contribution < -0.4 is 5.32 Å². The van der Waals surface area contributed by atoms with Gasteiger partial charge in [-0.2, -0.15) is 0 Å². The predicted molar refractivity (Wildman–Crippen MR) is 105 cm³/mol. The minimum atomic E-state index is -0.280. The van der Waals surface area contributed by atoms with E-state index in [0.717, 1.165) is 5.56 Å². The molecule has 0 spiro atoms. The van der Waals surface area contributed by atoms with Crippen LogP contribution in [-0.4, -0.2) is 20.7 Å². The summed E-state index contributed by atoms with van der Waals surface area (Å²) < 4.78 is 14.8. The molecule has 0 bridgehead atoms. The number of benzene rings is 2. The number of amides is 1. The van der Waals surface area contributed by atoms with Gasteiger partial charge >= 0.3 is 0 Å². The number of nitrogens with one attached hydrogen (secondary N) is 1. The van der Waals surface area contributed by atoms with Gasteiger partial charge in [0.1, 0.15) is 5.82 Å². The van der Waals surface area contributed by atoms with Gasteiger partial charge in [-0.25, -0.2) is 4.39 Å². The van der Waals surface area contributed by atoms with Crippen molar-refractivity contribution in [3.8, 4) is 0 Å². The Labute approximate surface area is 169 Å². The molecule has 0 radical (unpaired) electrons. The van der Waals surface area contributed by atoms with Gasteiger partial charge in [0.05, 0.1) is 16.6 Å². The highest BCUT2D eigenvalue weighted by Crippen LogP contribution is 2.23. The van der Waals surface area contributed by atoms with Crippen molar-refractivity contribution in [1.82, 2.24) is 20.1 Å². The Hall–Kier alpha value is -2.09. The van der Waals surface area contributed by atoms with E-state index in [9.17, 15) is 9.18 Å². The van der Waals surface area contributed by atoms with E-state index in [1.54, 1.807) is 24.3 Å². The van der Waals surface area contributed by atoms with E-state index in [-0.39, 0.29) is 18.3 Å². The average molecular weight is 425 g/mol. The third kappa shape index (κ3) is 5.00. The van der Waals surface area contributed by atoms with E-state index < -0.39 is 0 Å². The quantitative estimate of drug-likeness (QED) is 0.592. The van der Waals surface area contributed by atoms with Crippen LogP contribution in [0.3, 0.4) is 0 Å². The monoisotopic (exact) mass is 424 g/mol. The molecule has 0 unspecified atom stereocenters. The maximum absolute atomic E-state index is 13.0. The highest BCUT2D eigenvalue weighted by Gasteiger charge is 2.12. The van der Waals surface area contributed by atoms with Crippen LogP contribution in [-0.2, 0) is 19.3 Å². The second-order valence-electron chi connectivity index (χ2n) is 5.68. The molecule has 2 aromatic carbocycles. The van der Waals surface area contributed by atoms with Crippen molar-refractivity contribution in [3.63, 3.8) is 0 Å². The van der Waals surface area contributed by atoms with E-state index in [1.807, 2.05) is 11.6 Å². The third-order valence-electron chi connectivity index (χ3n) is 3.80. The summed E-state index contributed by atoms with van der Waals surface area (Å²) in [6.07, 6.45) is 0. The molecule has 0 saturated heterocycles. The van der Waals surface area contributed by atoms with Crippen molar-refractivity contribution in [2.75, 3.05) is 0 Å². The lowest BCUT2D eigenvalue weighted by atomic mass is 10.2. The zero-order chi connectivity index (χ0) is 19.4. The lowest BCUT2D eigenvalue weighted by Crippen LogP contribution is -2.24. The number of nitrogens with zero attached hydrogens (tertiary/aromatic N) is 3. The van der Waals surface area contributed by atoms with Crippen LogP contribution in [0.2, 0.25) is 10.0 Å². The Bertz CT molecular complexity index is 962. The fraction of sp³-hybridized carbons (Fsp3) is 0.167. The van der Waals surface area contributed by atoms with Crippen molar-refractivity contribution in [2.45, 2.75) is 17.5 Å². The summed E-state index contributed by atoms with van der Waals surface area (Å²) in [5.41, 5.74) is 1.40. The molecule has 9 heteroatoms. The summed E-state index contributed by atoms with van der Waals surface area (Å²) in [4.78, 5) is 12.2. The van der Waals surface area contributed by atoms with Gasteiger partial charge in [0.2, 0.25) is 0 Å². The molecule has 0 aliphatic carbocycles. The number of halogens is 3. The van der Waals surface area contributed by atoms with Crippen LogP contribution in [0.25, 0.3) is 0 Å². The number of carbonyl (C=O) groups is 1. The number of hydrogen-bond donors (Lipinski definition) is 1. The summed E-state index contributed by atoms with van der Waals surface area (Å²) in [6.45, 7) is 0.222. The van der Waals surface area contributed by atoms with E-state index >= 15 is 0 Å². The molecule has 1 heterocycles.